The minimum atomic E-state index is -0.592. The molecule has 1 rings (SSSR count). The van der Waals surface area contributed by atoms with Crippen LogP contribution in [0.1, 0.15) is 19.4 Å². The highest BCUT2D eigenvalue weighted by Crippen LogP contribution is 2.06. The van der Waals surface area contributed by atoms with Crippen molar-refractivity contribution >= 4 is 6.09 Å². The van der Waals surface area contributed by atoms with Gasteiger partial charge in [0.05, 0.1) is 6.54 Å². The molecule has 1 N–H and O–H groups in total. The van der Waals surface area contributed by atoms with Gasteiger partial charge in [-0.2, -0.15) is 0 Å². The molecule has 1 aromatic carbocycles. The van der Waals surface area contributed by atoms with Crippen LogP contribution >= 0.6 is 0 Å². The Balaban J connectivity index is 2.30. The highest BCUT2D eigenvalue weighted by atomic mass is 16.5. The number of benzene rings is 1. The second-order valence-corrected chi connectivity index (χ2v) is 4.34. The molecule has 4 nitrogen and oxygen atoms in total. The largest absolute Gasteiger partial charge is 0.445 e. The summed E-state index contributed by atoms with van der Waals surface area (Å²) in [6, 6.07) is 9.45. The van der Waals surface area contributed by atoms with Crippen molar-refractivity contribution in [1.82, 2.24) is 5.32 Å². The van der Waals surface area contributed by atoms with Gasteiger partial charge < -0.3 is 14.9 Å². The molecule has 0 saturated heterocycles. The zero-order valence-corrected chi connectivity index (χ0v) is 10.1. The van der Waals surface area contributed by atoms with Gasteiger partial charge in [0.1, 0.15) is 6.61 Å². The van der Waals surface area contributed by atoms with E-state index in [0.29, 0.717) is 0 Å². The topological polar surface area (TPSA) is 42.7 Å². The lowest BCUT2D eigenvalue weighted by Crippen LogP contribution is -2.36. The minimum absolute atomic E-state index is 0.241. The third-order valence-corrected chi connectivity index (χ3v) is 2.18. The Morgan fingerprint density at radius 2 is 2.06 bits per heavy atom. The van der Waals surface area contributed by atoms with Gasteiger partial charge in [-0.15, -0.1) is 0 Å². The summed E-state index contributed by atoms with van der Waals surface area (Å²) < 4.78 is 5.02. The maximum atomic E-state index is 11.3. The first-order valence-corrected chi connectivity index (χ1v) is 5.37. The Kier molecular flexibility index (Phi) is 4.53. The molecule has 0 atom stereocenters. The van der Waals surface area contributed by atoms with E-state index in [9.17, 15) is 4.79 Å². The number of nitrogens with zero attached hydrogens (tertiary/aromatic N) is 1. The Morgan fingerprint density at radius 1 is 1.41 bits per heavy atom. The van der Waals surface area contributed by atoms with Crippen molar-refractivity contribution in [3.8, 4) is 0 Å². The Morgan fingerprint density at radius 3 is 2.65 bits per heavy atom. The molecule has 0 aromatic heterocycles. The first-order chi connectivity index (χ1) is 8.03. The smallest absolute Gasteiger partial charge is 0.407 e. The average Bonchev–Trinajstić information content (AvgIpc) is 2.35. The van der Waals surface area contributed by atoms with Gasteiger partial charge in [-0.1, -0.05) is 30.3 Å². The number of hydrogen-bond acceptors (Lipinski definition) is 2. The van der Waals surface area contributed by atoms with E-state index in [-0.39, 0.29) is 13.2 Å². The molecule has 0 fully saturated rings. The summed E-state index contributed by atoms with van der Waals surface area (Å²) in [6.07, 6.45) is -0.495. The molecule has 0 aliphatic rings. The highest BCUT2D eigenvalue weighted by Gasteiger charge is 2.23. The molecule has 0 spiro atoms. The third kappa shape index (κ3) is 5.03. The van der Waals surface area contributed by atoms with E-state index in [1.807, 2.05) is 30.3 Å². The molecule has 0 radical (unpaired) electrons. The number of carbonyl (C=O) groups excluding carboxylic acids is 1. The van der Waals surface area contributed by atoms with Crippen LogP contribution in [-0.4, -0.2) is 18.2 Å². The number of carbonyl (C=O) groups is 1. The Hall–Kier alpha value is -2.02. The van der Waals surface area contributed by atoms with Gasteiger partial charge in [0, 0.05) is 13.8 Å². The molecular weight excluding hydrogens is 216 g/mol. The molecule has 0 heterocycles. The second kappa shape index (κ2) is 5.90. The van der Waals surface area contributed by atoms with E-state index in [0.717, 1.165) is 5.56 Å². The predicted octanol–water partition coefficient (Wildman–Crippen LogP) is 2.61. The van der Waals surface area contributed by atoms with Crippen LogP contribution < -0.4 is 5.32 Å². The summed E-state index contributed by atoms with van der Waals surface area (Å²) in [5.74, 6) is 0. The monoisotopic (exact) mass is 232 g/mol. The van der Waals surface area contributed by atoms with E-state index in [2.05, 4.69) is 10.2 Å². The summed E-state index contributed by atoms with van der Waals surface area (Å²) in [6.45, 7) is 11.0. The Bertz CT molecular complexity index is 407. The molecule has 90 valence electrons. The summed E-state index contributed by atoms with van der Waals surface area (Å²) in [5, 5.41) is 2.57. The molecule has 0 aliphatic carbocycles. The zero-order chi connectivity index (χ0) is 12.7. The van der Waals surface area contributed by atoms with Crippen LogP contribution in [0.4, 0.5) is 4.79 Å². The fourth-order valence-electron chi connectivity index (χ4n) is 1.10. The fraction of sp³-hybridized carbons (Fsp3) is 0.385. The lowest BCUT2D eigenvalue weighted by Gasteiger charge is -2.12. The van der Waals surface area contributed by atoms with Gasteiger partial charge in [0.25, 0.3) is 0 Å². The number of amides is 1. The van der Waals surface area contributed by atoms with Crippen LogP contribution in [0, 0.1) is 6.57 Å². The summed E-state index contributed by atoms with van der Waals surface area (Å²) in [4.78, 5) is 14.7. The minimum Gasteiger partial charge on any atom is -0.445 e. The van der Waals surface area contributed by atoms with Crippen LogP contribution in [0.5, 0.6) is 0 Å². The maximum Gasteiger partial charge on any atom is 0.407 e. The number of ether oxygens (including phenoxy) is 1. The van der Waals surface area contributed by atoms with Gasteiger partial charge in [0.2, 0.25) is 5.54 Å². The van der Waals surface area contributed by atoms with Crippen molar-refractivity contribution < 1.29 is 9.53 Å². The van der Waals surface area contributed by atoms with Crippen molar-refractivity contribution in [2.45, 2.75) is 26.0 Å². The number of nitrogens with one attached hydrogen (secondary N) is 1. The van der Waals surface area contributed by atoms with E-state index in [1.165, 1.54) is 0 Å². The number of hydrogen-bond donors (Lipinski definition) is 1. The fourth-order valence-corrected chi connectivity index (χ4v) is 1.10. The first kappa shape index (κ1) is 13.0. The maximum absolute atomic E-state index is 11.3. The van der Waals surface area contributed by atoms with Crippen molar-refractivity contribution in [3.63, 3.8) is 0 Å². The second-order valence-electron chi connectivity index (χ2n) is 4.34. The average molecular weight is 232 g/mol. The SMILES string of the molecule is [C-]#[N+]C(C)(C)CNC(=O)OCc1ccccc1. The van der Waals surface area contributed by atoms with Crippen LogP contribution in [0.3, 0.4) is 0 Å². The molecule has 0 unspecified atom stereocenters. The summed E-state index contributed by atoms with van der Waals surface area (Å²) >= 11 is 0. The van der Waals surface area contributed by atoms with Crippen LogP contribution in [0.2, 0.25) is 0 Å². The quantitative estimate of drug-likeness (QED) is 0.811. The normalized spacial score (nSPS) is 10.4. The zero-order valence-electron chi connectivity index (χ0n) is 10.1. The molecule has 0 bridgehead atoms. The van der Waals surface area contributed by atoms with Crippen LogP contribution in [-0.2, 0) is 11.3 Å². The summed E-state index contributed by atoms with van der Waals surface area (Å²) in [5.41, 5.74) is 0.346. The van der Waals surface area contributed by atoms with Gasteiger partial charge in [0.15, 0.2) is 0 Å². The van der Waals surface area contributed by atoms with Crippen molar-refractivity contribution in [2.75, 3.05) is 6.54 Å². The first-order valence-electron chi connectivity index (χ1n) is 5.37. The van der Waals surface area contributed by atoms with Crippen molar-refractivity contribution in [3.05, 3.63) is 47.3 Å². The van der Waals surface area contributed by atoms with Gasteiger partial charge in [-0.3, -0.25) is 0 Å². The van der Waals surface area contributed by atoms with Gasteiger partial charge in [-0.25, -0.2) is 11.4 Å². The van der Waals surface area contributed by atoms with Crippen LogP contribution in [0.15, 0.2) is 30.3 Å². The van der Waals surface area contributed by atoms with Crippen molar-refractivity contribution in [2.24, 2.45) is 0 Å². The van der Waals surface area contributed by atoms with E-state index in [1.54, 1.807) is 13.8 Å². The van der Waals surface area contributed by atoms with Crippen molar-refractivity contribution in [1.29, 1.82) is 0 Å². The predicted molar refractivity (Wildman–Crippen MR) is 65.3 cm³/mol. The molecular formula is C13H16N2O2. The third-order valence-electron chi connectivity index (χ3n) is 2.18. The van der Waals surface area contributed by atoms with E-state index < -0.39 is 11.6 Å². The molecule has 0 aliphatic heterocycles. The number of rotatable bonds is 4. The molecule has 1 aromatic rings. The van der Waals surface area contributed by atoms with E-state index >= 15 is 0 Å². The summed E-state index contributed by atoms with van der Waals surface area (Å²) in [7, 11) is 0. The highest BCUT2D eigenvalue weighted by molar-refractivity contribution is 5.67. The molecule has 1 amide bonds. The van der Waals surface area contributed by atoms with Gasteiger partial charge >= 0.3 is 6.09 Å². The lowest BCUT2D eigenvalue weighted by atomic mass is 10.1. The van der Waals surface area contributed by atoms with Gasteiger partial charge in [-0.05, 0) is 5.56 Å². The van der Waals surface area contributed by atoms with E-state index in [4.69, 9.17) is 11.3 Å². The molecule has 17 heavy (non-hydrogen) atoms. The standard InChI is InChI=1S/C13H16N2O2/c1-13(2,14-3)10-15-12(16)17-9-11-7-5-4-6-8-11/h4-8H,9-10H2,1-2H3,(H,15,16). The molecule has 0 saturated carbocycles. The lowest BCUT2D eigenvalue weighted by molar-refractivity contribution is 0.138. The molecule has 4 heteroatoms. The van der Waals surface area contributed by atoms with Crippen LogP contribution in [0.25, 0.3) is 4.85 Å². The number of alkyl carbamates (subject to hydrolysis) is 1. The Labute approximate surface area is 101 Å².